The van der Waals surface area contributed by atoms with E-state index in [0.717, 1.165) is 10.8 Å². The first-order chi connectivity index (χ1) is 13.9. The Hall–Kier alpha value is -3.56. The van der Waals surface area contributed by atoms with Crippen molar-refractivity contribution < 1.29 is 35.9 Å². The molecule has 3 aromatic rings. The third-order valence-electron chi connectivity index (χ3n) is 4.06. The molecule has 0 bridgehead atoms. The Morgan fingerprint density at radius 3 is 1.63 bits per heavy atom. The molecular formula is C20H12F6N2O2. The van der Waals surface area contributed by atoms with Gasteiger partial charge in [-0.2, -0.15) is 26.3 Å². The van der Waals surface area contributed by atoms with Crippen molar-refractivity contribution in [3.63, 3.8) is 0 Å². The highest BCUT2D eigenvalue weighted by Crippen LogP contribution is 2.37. The van der Waals surface area contributed by atoms with Crippen molar-refractivity contribution >= 4 is 34.0 Å². The number of nitrogens with one attached hydrogen (secondary N) is 2. The first-order valence-electron chi connectivity index (χ1n) is 8.34. The number of amides is 2. The van der Waals surface area contributed by atoms with Crippen molar-refractivity contribution in [1.82, 2.24) is 0 Å². The van der Waals surface area contributed by atoms with Crippen LogP contribution in [0.4, 0.5) is 37.7 Å². The molecule has 2 amide bonds. The summed E-state index contributed by atoms with van der Waals surface area (Å²) in [5.41, 5.74) is -3.80. The summed E-state index contributed by atoms with van der Waals surface area (Å²) < 4.78 is 77.3. The minimum atomic E-state index is -5.08. The molecule has 156 valence electrons. The number of anilines is 2. The van der Waals surface area contributed by atoms with Crippen molar-refractivity contribution in [2.45, 2.75) is 12.4 Å². The smallest absolute Gasteiger partial charge is 0.318 e. The number of fused-ring (bicyclic) bond motifs is 1. The zero-order valence-corrected chi connectivity index (χ0v) is 14.9. The summed E-state index contributed by atoms with van der Waals surface area (Å²) in [4.78, 5) is 24.1. The van der Waals surface area contributed by atoms with Gasteiger partial charge in [-0.25, -0.2) is 0 Å². The average molecular weight is 426 g/mol. The molecular weight excluding hydrogens is 414 g/mol. The molecule has 4 nitrogen and oxygen atoms in total. The summed E-state index contributed by atoms with van der Waals surface area (Å²) in [7, 11) is 0. The number of halogens is 6. The normalized spacial score (nSPS) is 11.9. The van der Waals surface area contributed by atoms with Crippen LogP contribution in [-0.4, -0.2) is 11.8 Å². The lowest BCUT2D eigenvalue weighted by molar-refractivity contribution is -0.143. The Bertz CT molecular complexity index is 1090. The van der Waals surface area contributed by atoms with Crippen molar-refractivity contribution in [3.8, 4) is 0 Å². The van der Waals surface area contributed by atoms with Gasteiger partial charge in [-0.1, -0.05) is 30.3 Å². The molecule has 0 radical (unpaired) electrons. The van der Waals surface area contributed by atoms with Crippen LogP contribution < -0.4 is 10.6 Å². The largest absolute Gasteiger partial charge is 0.416 e. The van der Waals surface area contributed by atoms with Crippen molar-refractivity contribution in [2.75, 3.05) is 10.6 Å². The van der Waals surface area contributed by atoms with E-state index in [-0.39, 0.29) is 11.8 Å². The van der Waals surface area contributed by atoms with Gasteiger partial charge in [0.1, 0.15) is 0 Å². The Morgan fingerprint density at radius 2 is 1.10 bits per heavy atom. The molecule has 0 aromatic heterocycles. The third kappa shape index (κ3) is 4.88. The van der Waals surface area contributed by atoms with Crippen molar-refractivity contribution in [2.24, 2.45) is 0 Å². The van der Waals surface area contributed by atoms with Crippen LogP contribution in [0.15, 0.2) is 60.7 Å². The summed E-state index contributed by atoms with van der Waals surface area (Å²) in [5.74, 6) is -2.67. The monoisotopic (exact) mass is 426 g/mol. The molecule has 0 aliphatic carbocycles. The Morgan fingerprint density at radius 1 is 0.600 bits per heavy atom. The number of hydrogen-bond donors (Lipinski definition) is 2. The van der Waals surface area contributed by atoms with Gasteiger partial charge in [0.25, 0.3) is 0 Å². The Kier molecular flexibility index (Phi) is 5.43. The molecule has 3 aromatic carbocycles. The third-order valence-corrected chi connectivity index (χ3v) is 4.06. The van der Waals surface area contributed by atoms with E-state index in [9.17, 15) is 35.9 Å². The second kappa shape index (κ2) is 7.69. The van der Waals surface area contributed by atoms with Gasteiger partial charge in [0.2, 0.25) is 0 Å². The molecule has 2 N–H and O–H groups in total. The van der Waals surface area contributed by atoms with Gasteiger partial charge in [0, 0.05) is 11.4 Å². The lowest BCUT2D eigenvalue weighted by Gasteiger charge is -2.14. The second-order valence-corrected chi connectivity index (χ2v) is 6.26. The molecule has 0 aliphatic heterocycles. The van der Waals surface area contributed by atoms with E-state index < -0.39 is 41.0 Å². The maximum atomic E-state index is 12.9. The van der Waals surface area contributed by atoms with Gasteiger partial charge < -0.3 is 10.6 Å². The fourth-order valence-corrected chi connectivity index (χ4v) is 2.67. The predicted molar refractivity (Wildman–Crippen MR) is 97.7 cm³/mol. The zero-order valence-electron chi connectivity index (χ0n) is 14.9. The first kappa shape index (κ1) is 21.2. The average Bonchev–Trinajstić information content (AvgIpc) is 2.66. The molecule has 0 aliphatic rings. The van der Waals surface area contributed by atoms with Crippen molar-refractivity contribution in [1.29, 1.82) is 0 Å². The van der Waals surface area contributed by atoms with Gasteiger partial charge in [0.05, 0.1) is 11.1 Å². The number of rotatable bonds is 2. The van der Waals surface area contributed by atoms with Crippen LogP contribution >= 0.6 is 0 Å². The maximum absolute atomic E-state index is 12.9. The lowest BCUT2D eigenvalue weighted by atomic mass is 10.1. The minimum Gasteiger partial charge on any atom is -0.318 e. The fourth-order valence-electron chi connectivity index (χ4n) is 2.67. The number of carbonyl (C=O) groups is 2. The Balaban J connectivity index is 1.81. The van der Waals surface area contributed by atoms with E-state index in [4.69, 9.17) is 0 Å². The lowest BCUT2D eigenvalue weighted by Crippen LogP contribution is -2.29. The molecule has 0 atom stereocenters. The molecule has 3 rings (SSSR count). The summed E-state index contributed by atoms with van der Waals surface area (Å²) >= 11 is 0. The minimum absolute atomic E-state index is 0.0786. The highest BCUT2D eigenvalue weighted by atomic mass is 19.4. The molecule has 30 heavy (non-hydrogen) atoms. The Labute approximate surface area is 165 Å². The molecule has 0 spiro atoms. The molecule has 0 heterocycles. The number of benzene rings is 3. The van der Waals surface area contributed by atoms with Crippen LogP contribution in [-0.2, 0) is 21.9 Å². The summed E-state index contributed by atoms with van der Waals surface area (Å²) in [6.07, 6.45) is -10.2. The second-order valence-electron chi connectivity index (χ2n) is 6.26. The number of hydrogen-bond acceptors (Lipinski definition) is 2. The van der Waals surface area contributed by atoms with E-state index in [1.54, 1.807) is 35.6 Å². The quantitative estimate of drug-likeness (QED) is 0.423. The maximum Gasteiger partial charge on any atom is 0.416 e. The molecule has 0 saturated heterocycles. The van der Waals surface area contributed by atoms with E-state index in [2.05, 4.69) is 5.32 Å². The van der Waals surface area contributed by atoms with Gasteiger partial charge in [-0.3, -0.25) is 9.59 Å². The highest BCUT2D eigenvalue weighted by Gasteiger charge is 2.37. The molecule has 0 unspecified atom stereocenters. The van der Waals surface area contributed by atoms with Gasteiger partial charge >= 0.3 is 24.2 Å². The topological polar surface area (TPSA) is 58.2 Å². The van der Waals surface area contributed by atoms with E-state index in [0.29, 0.717) is 12.1 Å². The van der Waals surface area contributed by atoms with Crippen molar-refractivity contribution in [3.05, 3.63) is 71.8 Å². The van der Waals surface area contributed by atoms with Crippen LogP contribution in [0.25, 0.3) is 10.8 Å². The number of carbonyl (C=O) groups excluding carboxylic acids is 2. The van der Waals surface area contributed by atoms with Crippen LogP contribution in [0.1, 0.15) is 11.1 Å². The molecule has 0 saturated carbocycles. The fraction of sp³-hybridized carbons (Fsp3) is 0.100. The van der Waals surface area contributed by atoms with Gasteiger partial charge in [-0.15, -0.1) is 0 Å². The van der Waals surface area contributed by atoms with Gasteiger partial charge in [0.15, 0.2) is 0 Å². The van der Waals surface area contributed by atoms with Crippen LogP contribution in [0.2, 0.25) is 0 Å². The van der Waals surface area contributed by atoms with E-state index >= 15 is 0 Å². The summed E-state index contributed by atoms with van der Waals surface area (Å²) in [6, 6.07) is 12.4. The molecule has 10 heteroatoms. The van der Waals surface area contributed by atoms with Crippen LogP contribution in [0.3, 0.4) is 0 Å². The SMILES string of the molecule is O=C(Nc1cc(C(F)(F)F)cc(C(F)(F)F)c1)C(=O)Nc1ccc2ccccc2c1. The van der Waals surface area contributed by atoms with Crippen LogP contribution in [0, 0.1) is 0 Å². The number of alkyl halides is 6. The summed E-state index contributed by atoms with van der Waals surface area (Å²) in [5, 5.41) is 5.64. The summed E-state index contributed by atoms with van der Waals surface area (Å²) in [6.45, 7) is 0. The predicted octanol–water partition coefficient (Wildman–Crippen LogP) is 5.45. The molecule has 0 fully saturated rings. The van der Waals surface area contributed by atoms with E-state index in [1.165, 1.54) is 6.07 Å². The zero-order chi connectivity index (χ0) is 22.1. The first-order valence-corrected chi connectivity index (χ1v) is 8.34. The highest BCUT2D eigenvalue weighted by molar-refractivity contribution is 6.43. The van der Waals surface area contributed by atoms with Gasteiger partial charge in [-0.05, 0) is 41.1 Å². The van der Waals surface area contributed by atoms with Crippen LogP contribution in [0.5, 0.6) is 0 Å². The van der Waals surface area contributed by atoms with E-state index in [1.807, 2.05) is 6.07 Å². The standard InChI is InChI=1S/C20H12F6N2O2/c21-19(22,23)13-8-14(20(24,25)26)10-16(9-13)28-18(30)17(29)27-15-6-5-11-3-1-2-4-12(11)7-15/h1-10H,(H,27,29)(H,28,30).